The quantitative estimate of drug-likeness (QED) is 0.840. The third-order valence-corrected chi connectivity index (χ3v) is 5.38. The fourth-order valence-electron chi connectivity index (χ4n) is 3.53. The van der Waals surface area contributed by atoms with Crippen molar-refractivity contribution in [1.82, 2.24) is 5.32 Å². The number of carboxylic acid groups (broad SMARTS) is 1. The van der Waals surface area contributed by atoms with Crippen LogP contribution in [0.1, 0.15) is 53.9 Å². The third-order valence-electron chi connectivity index (χ3n) is 5.38. The zero-order valence-corrected chi connectivity index (χ0v) is 13.9. The highest BCUT2D eigenvalue weighted by molar-refractivity contribution is 5.94. The van der Waals surface area contributed by atoms with Crippen molar-refractivity contribution in [3.63, 3.8) is 0 Å². The van der Waals surface area contributed by atoms with Gasteiger partial charge in [0.05, 0.1) is 5.92 Å². The number of amides is 1. The molecule has 1 aromatic rings. The van der Waals surface area contributed by atoms with E-state index in [0.29, 0.717) is 24.7 Å². The maximum atomic E-state index is 12.3. The topological polar surface area (TPSA) is 75.6 Å². The van der Waals surface area contributed by atoms with Gasteiger partial charge in [-0.05, 0) is 55.2 Å². The van der Waals surface area contributed by atoms with E-state index in [-0.39, 0.29) is 18.4 Å². The van der Waals surface area contributed by atoms with Crippen LogP contribution < -0.4 is 5.32 Å². The van der Waals surface area contributed by atoms with E-state index in [1.165, 1.54) is 24.8 Å². The van der Waals surface area contributed by atoms with Crippen LogP contribution in [0.3, 0.4) is 0 Å². The molecule has 1 atom stereocenters. The standard InChI is InChI=1S/C19H25NO4/c21-18(16-6-4-14(5-7-16)13-2-1-3-13)20-12-17(19(22)23)15-8-10-24-11-9-15/h4-7,13,15,17H,1-3,8-12H2,(H,20,21)(H,22,23). The highest BCUT2D eigenvalue weighted by Gasteiger charge is 2.30. The van der Waals surface area contributed by atoms with E-state index in [1.54, 1.807) is 0 Å². The Balaban J connectivity index is 1.55. The number of hydrogen-bond donors (Lipinski definition) is 2. The highest BCUT2D eigenvalue weighted by atomic mass is 16.5. The zero-order valence-electron chi connectivity index (χ0n) is 13.9. The van der Waals surface area contributed by atoms with E-state index in [0.717, 1.165) is 12.8 Å². The van der Waals surface area contributed by atoms with Crippen LogP contribution in [0, 0.1) is 11.8 Å². The molecule has 1 aromatic carbocycles. The van der Waals surface area contributed by atoms with Crippen LogP contribution in [0.5, 0.6) is 0 Å². The Kier molecular flexibility index (Phi) is 5.51. The maximum Gasteiger partial charge on any atom is 0.308 e. The molecule has 1 aliphatic heterocycles. The molecule has 0 spiro atoms. The van der Waals surface area contributed by atoms with Gasteiger partial charge >= 0.3 is 5.97 Å². The SMILES string of the molecule is O=C(NCC(C(=O)O)C1CCOCC1)c1ccc(C2CCC2)cc1. The smallest absolute Gasteiger partial charge is 0.308 e. The van der Waals surface area contributed by atoms with Crippen LogP contribution in [0.4, 0.5) is 0 Å². The van der Waals surface area contributed by atoms with Crippen LogP contribution in [0.2, 0.25) is 0 Å². The number of carbonyl (C=O) groups excluding carboxylic acids is 1. The number of aliphatic carboxylic acids is 1. The van der Waals surface area contributed by atoms with Gasteiger partial charge < -0.3 is 15.2 Å². The molecule has 0 radical (unpaired) electrons. The van der Waals surface area contributed by atoms with Gasteiger partial charge in [0.2, 0.25) is 0 Å². The summed E-state index contributed by atoms with van der Waals surface area (Å²) in [6.45, 7) is 1.37. The van der Waals surface area contributed by atoms with Gasteiger partial charge in [-0.15, -0.1) is 0 Å². The lowest BCUT2D eigenvalue weighted by molar-refractivity contribution is -0.144. The normalized spacial score (nSPS) is 20.2. The fourth-order valence-corrected chi connectivity index (χ4v) is 3.53. The first kappa shape index (κ1) is 17.0. The van der Waals surface area contributed by atoms with Crippen LogP contribution in [-0.4, -0.2) is 36.7 Å². The molecule has 1 unspecified atom stereocenters. The summed E-state index contributed by atoms with van der Waals surface area (Å²) in [5.74, 6) is -0.882. The molecule has 1 saturated carbocycles. The predicted molar refractivity (Wildman–Crippen MR) is 90.0 cm³/mol. The summed E-state index contributed by atoms with van der Waals surface area (Å²) >= 11 is 0. The number of nitrogens with one attached hydrogen (secondary N) is 1. The first-order valence-electron chi connectivity index (χ1n) is 8.84. The second-order valence-corrected chi connectivity index (χ2v) is 6.85. The Hall–Kier alpha value is -1.88. The molecule has 2 N–H and O–H groups in total. The van der Waals surface area contributed by atoms with Gasteiger partial charge in [-0.2, -0.15) is 0 Å². The average Bonchev–Trinajstić information content (AvgIpc) is 2.54. The van der Waals surface area contributed by atoms with E-state index < -0.39 is 11.9 Å². The van der Waals surface area contributed by atoms with Gasteiger partial charge in [-0.3, -0.25) is 9.59 Å². The molecule has 1 saturated heterocycles. The predicted octanol–water partition coefficient (Wildman–Crippen LogP) is 2.81. The van der Waals surface area contributed by atoms with Crippen molar-refractivity contribution in [3.8, 4) is 0 Å². The van der Waals surface area contributed by atoms with Gasteiger partial charge in [-0.25, -0.2) is 0 Å². The minimum Gasteiger partial charge on any atom is -0.481 e. The van der Waals surface area contributed by atoms with Crippen LogP contribution in [0.15, 0.2) is 24.3 Å². The summed E-state index contributed by atoms with van der Waals surface area (Å²) in [6.07, 6.45) is 5.23. The monoisotopic (exact) mass is 331 g/mol. The van der Waals surface area contributed by atoms with Gasteiger partial charge in [-0.1, -0.05) is 18.6 Å². The molecular formula is C19H25NO4. The first-order chi connectivity index (χ1) is 11.6. The molecule has 1 aliphatic carbocycles. The summed E-state index contributed by atoms with van der Waals surface area (Å²) in [5, 5.41) is 12.2. The molecule has 1 heterocycles. The number of hydrogen-bond acceptors (Lipinski definition) is 3. The van der Waals surface area contributed by atoms with Crippen LogP contribution in [-0.2, 0) is 9.53 Å². The van der Waals surface area contributed by atoms with E-state index >= 15 is 0 Å². The van der Waals surface area contributed by atoms with Crippen molar-refractivity contribution in [2.24, 2.45) is 11.8 Å². The van der Waals surface area contributed by atoms with E-state index in [9.17, 15) is 14.7 Å². The molecule has 0 aromatic heterocycles. The summed E-state index contributed by atoms with van der Waals surface area (Å²) in [5.41, 5.74) is 1.89. The zero-order chi connectivity index (χ0) is 16.9. The minimum absolute atomic E-state index is 0.0672. The minimum atomic E-state index is -0.845. The Bertz CT molecular complexity index is 574. The Labute approximate surface area is 142 Å². The molecule has 0 bridgehead atoms. The van der Waals surface area contributed by atoms with E-state index in [4.69, 9.17) is 4.74 Å². The summed E-state index contributed by atoms with van der Waals surface area (Å²) in [7, 11) is 0. The molecule has 2 aliphatic rings. The number of benzene rings is 1. The van der Waals surface area contributed by atoms with Gasteiger partial charge in [0.25, 0.3) is 5.91 Å². The maximum absolute atomic E-state index is 12.3. The van der Waals surface area contributed by atoms with E-state index in [2.05, 4.69) is 5.32 Å². The molecule has 130 valence electrons. The Morgan fingerprint density at radius 2 is 1.79 bits per heavy atom. The molecule has 2 fully saturated rings. The number of rotatable bonds is 6. The lowest BCUT2D eigenvalue weighted by Crippen LogP contribution is -2.39. The van der Waals surface area contributed by atoms with Crippen molar-refractivity contribution >= 4 is 11.9 Å². The Morgan fingerprint density at radius 1 is 1.12 bits per heavy atom. The molecule has 5 heteroatoms. The average molecular weight is 331 g/mol. The number of carbonyl (C=O) groups is 2. The van der Waals surface area contributed by atoms with Gasteiger partial charge in [0.1, 0.15) is 0 Å². The highest BCUT2D eigenvalue weighted by Crippen LogP contribution is 2.36. The number of ether oxygens (including phenoxy) is 1. The molecule has 1 amide bonds. The first-order valence-corrected chi connectivity index (χ1v) is 8.84. The second kappa shape index (κ2) is 7.79. The molecule has 5 nitrogen and oxygen atoms in total. The van der Waals surface area contributed by atoms with Crippen molar-refractivity contribution in [1.29, 1.82) is 0 Å². The summed E-state index contributed by atoms with van der Waals surface area (Å²) < 4.78 is 5.29. The second-order valence-electron chi connectivity index (χ2n) is 6.85. The van der Waals surface area contributed by atoms with Crippen molar-refractivity contribution in [2.75, 3.05) is 19.8 Å². The van der Waals surface area contributed by atoms with Crippen LogP contribution in [0.25, 0.3) is 0 Å². The summed E-state index contributed by atoms with van der Waals surface area (Å²) in [4.78, 5) is 23.8. The third kappa shape index (κ3) is 3.96. The lowest BCUT2D eigenvalue weighted by atomic mass is 9.80. The van der Waals surface area contributed by atoms with Crippen molar-refractivity contribution < 1.29 is 19.4 Å². The van der Waals surface area contributed by atoms with Gasteiger partial charge in [0.15, 0.2) is 0 Å². The largest absolute Gasteiger partial charge is 0.481 e. The Morgan fingerprint density at radius 3 is 2.33 bits per heavy atom. The fraction of sp³-hybridized carbons (Fsp3) is 0.579. The van der Waals surface area contributed by atoms with Gasteiger partial charge in [0, 0.05) is 25.3 Å². The molecular weight excluding hydrogens is 306 g/mol. The van der Waals surface area contributed by atoms with Crippen LogP contribution >= 0.6 is 0 Å². The lowest BCUT2D eigenvalue weighted by Gasteiger charge is -2.27. The van der Waals surface area contributed by atoms with Crippen molar-refractivity contribution in [2.45, 2.75) is 38.0 Å². The van der Waals surface area contributed by atoms with Crippen molar-refractivity contribution in [3.05, 3.63) is 35.4 Å². The summed E-state index contributed by atoms with van der Waals surface area (Å²) in [6, 6.07) is 7.72. The molecule has 3 rings (SSSR count). The molecule has 24 heavy (non-hydrogen) atoms. The number of carboxylic acids is 1. The van der Waals surface area contributed by atoms with E-state index in [1.807, 2.05) is 24.3 Å².